The van der Waals surface area contributed by atoms with Gasteiger partial charge in [0.1, 0.15) is 11.5 Å². The van der Waals surface area contributed by atoms with Crippen molar-refractivity contribution in [2.75, 3.05) is 19.5 Å². The fourth-order valence-electron chi connectivity index (χ4n) is 4.38. The molecule has 5 aromatic rings. The number of benzene rings is 4. The lowest BCUT2D eigenvalue weighted by Crippen LogP contribution is -2.11. The van der Waals surface area contributed by atoms with Gasteiger partial charge in [-0.1, -0.05) is 36.4 Å². The average molecular weight is 552 g/mol. The number of halogens is 1. The predicted octanol–water partition coefficient (Wildman–Crippen LogP) is 6.54. The van der Waals surface area contributed by atoms with Gasteiger partial charge >= 0.3 is 5.97 Å². The highest BCUT2D eigenvalue weighted by molar-refractivity contribution is 6.04. The Bertz CT molecular complexity index is 1720. The molecule has 0 saturated carbocycles. The van der Waals surface area contributed by atoms with Crippen LogP contribution < -0.4 is 19.5 Å². The van der Waals surface area contributed by atoms with Crippen molar-refractivity contribution < 1.29 is 28.2 Å². The molecular weight excluding hydrogens is 525 g/mol. The van der Waals surface area contributed by atoms with Crippen LogP contribution >= 0.6 is 0 Å². The Kier molecular flexibility index (Phi) is 7.78. The summed E-state index contributed by atoms with van der Waals surface area (Å²) in [4.78, 5) is 24.9. The summed E-state index contributed by atoms with van der Waals surface area (Å²) in [5.41, 5.74) is 3.85. The van der Waals surface area contributed by atoms with E-state index in [9.17, 15) is 14.0 Å². The van der Waals surface area contributed by atoms with E-state index in [0.717, 1.165) is 0 Å². The minimum absolute atomic E-state index is 0.200. The van der Waals surface area contributed by atoms with Crippen LogP contribution in [0.25, 0.3) is 28.1 Å². The number of rotatable bonds is 8. The van der Waals surface area contributed by atoms with E-state index in [1.807, 2.05) is 36.4 Å². The zero-order valence-electron chi connectivity index (χ0n) is 22.6. The number of anilines is 1. The first-order valence-electron chi connectivity index (χ1n) is 12.6. The number of ether oxygens (including phenoxy) is 3. The van der Waals surface area contributed by atoms with Gasteiger partial charge < -0.3 is 19.5 Å². The molecular formula is C32H26FN3O5. The van der Waals surface area contributed by atoms with Crippen LogP contribution in [0, 0.1) is 5.82 Å². The average Bonchev–Trinajstić information content (AvgIpc) is 3.36. The number of para-hydroxylation sites is 1. The monoisotopic (exact) mass is 551 g/mol. The fourth-order valence-corrected chi connectivity index (χ4v) is 4.38. The number of esters is 1. The van der Waals surface area contributed by atoms with Crippen molar-refractivity contribution >= 4 is 17.6 Å². The van der Waals surface area contributed by atoms with Crippen LogP contribution in [0.2, 0.25) is 0 Å². The van der Waals surface area contributed by atoms with Gasteiger partial charge in [-0.05, 0) is 66.2 Å². The minimum Gasteiger partial charge on any atom is -0.493 e. The quantitative estimate of drug-likeness (QED) is 0.220. The number of nitrogens with one attached hydrogen (secondary N) is 1. The first-order valence-corrected chi connectivity index (χ1v) is 12.6. The van der Waals surface area contributed by atoms with Gasteiger partial charge in [-0.25, -0.2) is 4.39 Å². The maximum atomic E-state index is 13.6. The third kappa shape index (κ3) is 5.79. The van der Waals surface area contributed by atoms with Crippen LogP contribution in [-0.4, -0.2) is 35.9 Å². The van der Waals surface area contributed by atoms with Gasteiger partial charge in [0.05, 0.1) is 25.5 Å². The van der Waals surface area contributed by atoms with Crippen LogP contribution in [0.4, 0.5) is 10.1 Å². The molecule has 0 fully saturated rings. The molecule has 5 rings (SSSR count). The highest BCUT2D eigenvalue weighted by atomic mass is 19.1. The van der Waals surface area contributed by atoms with E-state index < -0.39 is 17.7 Å². The van der Waals surface area contributed by atoms with E-state index in [-0.39, 0.29) is 11.4 Å². The molecule has 206 valence electrons. The number of aromatic nitrogens is 2. The molecule has 0 spiro atoms. The van der Waals surface area contributed by atoms with E-state index in [4.69, 9.17) is 19.3 Å². The van der Waals surface area contributed by atoms with Gasteiger partial charge in [0.2, 0.25) is 5.88 Å². The molecule has 0 atom stereocenters. The summed E-state index contributed by atoms with van der Waals surface area (Å²) >= 11 is 0. The summed E-state index contributed by atoms with van der Waals surface area (Å²) in [6.07, 6.45) is 0. The number of carbonyl (C=O) groups is 2. The topological polar surface area (TPSA) is 91.7 Å². The zero-order valence-corrected chi connectivity index (χ0v) is 22.6. The molecule has 8 nitrogen and oxygen atoms in total. The van der Waals surface area contributed by atoms with E-state index in [1.54, 1.807) is 55.3 Å². The van der Waals surface area contributed by atoms with Gasteiger partial charge in [-0.15, -0.1) is 0 Å². The van der Waals surface area contributed by atoms with Crippen molar-refractivity contribution in [1.82, 2.24) is 9.78 Å². The number of nitrogens with zero attached hydrogens (tertiary/aromatic N) is 2. The van der Waals surface area contributed by atoms with Crippen LogP contribution in [0.15, 0.2) is 97.1 Å². The third-order valence-electron chi connectivity index (χ3n) is 6.26. The smallest absolute Gasteiger partial charge is 0.309 e. The van der Waals surface area contributed by atoms with Crippen molar-refractivity contribution in [3.05, 3.63) is 108 Å². The van der Waals surface area contributed by atoms with E-state index in [2.05, 4.69) is 5.32 Å². The second-order valence-electron chi connectivity index (χ2n) is 8.98. The minimum atomic E-state index is -0.513. The zero-order chi connectivity index (χ0) is 28.9. The maximum Gasteiger partial charge on any atom is 0.309 e. The lowest BCUT2D eigenvalue weighted by atomic mass is 10.0. The summed E-state index contributed by atoms with van der Waals surface area (Å²) in [5, 5.41) is 7.64. The highest BCUT2D eigenvalue weighted by Crippen LogP contribution is 2.43. The van der Waals surface area contributed by atoms with Crippen molar-refractivity contribution in [3.8, 4) is 45.5 Å². The van der Waals surface area contributed by atoms with Gasteiger partial charge in [0.15, 0.2) is 11.5 Å². The molecule has 0 bridgehead atoms. The van der Waals surface area contributed by atoms with Gasteiger partial charge in [0, 0.05) is 23.7 Å². The van der Waals surface area contributed by atoms with Gasteiger partial charge in [0.25, 0.3) is 5.91 Å². The molecule has 0 aliphatic rings. The standard InChI is InChI=1S/C32H26FN3O5/c1-20(37)41-32-29(21-12-15-25(16-13-21)34-31(38)23-8-7-9-24(33)18-23)30(35-36(32)26-10-5-4-6-11-26)22-14-17-27(39-2)28(19-22)40-3/h4-19H,1-3H3,(H,34,38). The Morgan fingerprint density at radius 1 is 0.805 bits per heavy atom. The molecule has 1 N–H and O–H groups in total. The Morgan fingerprint density at radius 3 is 2.17 bits per heavy atom. The molecule has 0 aliphatic heterocycles. The third-order valence-corrected chi connectivity index (χ3v) is 6.26. The second-order valence-corrected chi connectivity index (χ2v) is 8.98. The molecule has 0 aliphatic carbocycles. The Hall–Kier alpha value is -5.44. The van der Waals surface area contributed by atoms with E-state index in [0.29, 0.717) is 45.3 Å². The summed E-state index contributed by atoms with van der Waals surface area (Å²) in [6, 6.07) is 27.2. The molecule has 9 heteroatoms. The van der Waals surface area contributed by atoms with Crippen LogP contribution in [0.1, 0.15) is 17.3 Å². The molecule has 1 aromatic heterocycles. The molecule has 0 radical (unpaired) electrons. The lowest BCUT2D eigenvalue weighted by molar-refractivity contribution is -0.132. The second kappa shape index (κ2) is 11.7. The summed E-state index contributed by atoms with van der Waals surface area (Å²) in [7, 11) is 3.10. The first-order chi connectivity index (χ1) is 19.9. The number of amides is 1. The van der Waals surface area contributed by atoms with E-state index >= 15 is 0 Å². The van der Waals surface area contributed by atoms with Crippen LogP contribution in [0.5, 0.6) is 17.4 Å². The molecule has 0 saturated heterocycles. The molecule has 41 heavy (non-hydrogen) atoms. The largest absolute Gasteiger partial charge is 0.493 e. The molecule has 1 heterocycles. The number of carbonyl (C=O) groups excluding carboxylic acids is 2. The van der Waals surface area contributed by atoms with Gasteiger partial charge in [-0.3, -0.25) is 9.59 Å². The first kappa shape index (κ1) is 27.1. The molecule has 1 amide bonds. The SMILES string of the molecule is COc1ccc(-c2nn(-c3ccccc3)c(OC(C)=O)c2-c2ccc(NC(=O)c3cccc(F)c3)cc2)cc1OC. The lowest BCUT2D eigenvalue weighted by Gasteiger charge is -2.11. The summed E-state index contributed by atoms with van der Waals surface area (Å²) < 4.78 is 31.8. The fraction of sp³-hybridized carbons (Fsp3) is 0.0938. The summed E-state index contributed by atoms with van der Waals surface area (Å²) in [5.74, 6) is -0.162. The Balaban J connectivity index is 1.63. The predicted molar refractivity (Wildman–Crippen MR) is 153 cm³/mol. The highest BCUT2D eigenvalue weighted by Gasteiger charge is 2.25. The van der Waals surface area contributed by atoms with Crippen molar-refractivity contribution in [2.45, 2.75) is 6.92 Å². The number of hydrogen-bond acceptors (Lipinski definition) is 6. The Morgan fingerprint density at radius 2 is 1.51 bits per heavy atom. The van der Waals surface area contributed by atoms with E-state index in [1.165, 1.54) is 31.2 Å². The molecule has 0 unspecified atom stereocenters. The molecule has 4 aromatic carbocycles. The van der Waals surface area contributed by atoms with Crippen LogP contribution in [0.3, 0.4) is 0 Å². The number of methoxy groups -OCH3 is 2. The number of hydrogen-bond donors (Lipinski definition) is 1. The normalized spacial score (nSPS) is 10.6. The van der Waals surface area contributed by atoms with Crippen molar-refractivity contribution in [1.29, 1.82) is 0 Å². The van der Waals surface area contributed by atoms with Gasteiger partial charge in [-0.2, -0.15) is 9.78 Å². The van der Waals surface area contributed by atoms with Crippen molar-refractivity contribution in [2.24, 2.45) is 0 Å². The maximum absolute atomic E-state index is 13.6. The Labute approximate surface area is 235 Å². The van der Waals surface area contributed by atoms with Crippen LogP contribution in [-0.2, 0) is 4.79 Å². The summed E-state index contributed by atoms with van der Waals surface area (Å²) in [6.45, 7) is 1.33. The van der Waals surface area contributed by atoms with Crippen molar-refractivity contribution in [3.63, 3.8) is 0 Å².